The molecule has 94 valence electrons. The number of hydrogen-bond acceptors (Lipinski definition) is 4. The molecule has 17 heavy (non-hydrogen) atoms. The number of allylic oxidation sites excluding steroid dienone is 2. The Bertz CT molecular complexity index is 433. The molecule has 0 aromatic rings. The third kappa shape index (κ3) is 1.45. The number of amidine groups is 1. The topological polar surface area (TPSA) is 58.7 Å². The van der Waals surface area contributed by atoms with Gasteiger partial charge in [-0.2, -0.15) is 0 Å². The number of hydroxylamine groups is 3. The Morgan fingerprint density at radius 2 is 2.00 bits per heavy atom. The van der Waals surface area contributed by atoms with E-state index in [-0.39, 0.29) is 0 Å². The smallest absolute Gasteiger partial charge is 0.365 e. The Hall–Kier alpha value is -1.49. The summed E-state index contributed by atoms with van der Waals surface area (Å²) in [5.74, 6) is 0.393. The van der Waals surface area contributed by atoms with Gasteiger partial charge in [0.1, 0.15) is 5.70 Å². The molecule has 0 spiro atoms. The van der Waals surface area contributed by atoms with Crippen molar-refractivity contribution in [3.63, 3.8) is 0 Å². The average Bonchev–Trinajstić information content (AvgIpc) is 2.40. The normalized spacial score (nSPS) is 25.9. The molecule has 2 rings (SSSR count). The molecule has 2 aliphatic heterocycles. The lowest BCUT2D eigenvalue weighted by Gasteiger charge is -2.29. The van der Waals surface area contributed by atoms with Crippen molar-refractivity contribution in [3.05, 3.63) is 23.9 Å². The summed E-state index contributed by atoms with van der Waals surface area (Å²) >= 11 is 0. The minimum atomic E-state index is -0.583. The second-order valence-corrected chi connectivity index (χ2v) is 5.45. The van der Waals surface area contributed by atoms with E-state index in [9.17, 15) is 10.4 Å². The van der Waals surface area contributed by atoms with Gasteiger partial charge in [-0.1, -0.05) is 16.9 Å². The van der Waals surface area contributed by atoms with Gasteiger partial charge in [0.2, 0.25) is 0 Å². The summed E-state index contributed by atoms with van der Waals surface area (Å²) in [5.41, 5.74) is -0.446. The zero-order chi connectivity index (χ0) is 12.8. The molecule has 0 fully saturated rings. The summed E-state index contributed by atoms with van der Waals surface area (Å²) in [5, 5.41) is 24.8. The summed E-state index contributed by atoms with van der Waals surface area (Å²) in [7, 11) is 0. The van der Waals surface area contributed by atoms with Crippen molar-refractivity contribution >= 4 is 5.84 Å². The van der Waals surface area contributed by atoms with E-state index in [1.54, 1.807) is 0 Å². The van der Waals surface area contributed by atoms with Crippen molar-refractivity contribution in [2.24, 2.45) is 0 Å². The largest absolute Gasteiger partial charge is 0.375 e. The Labute approximate surface area is 101 Å². The molecule has 5 nitrogen and oxygen atoms in total. The van der Waals surface area contributed by atoms with Gasteiger partial charge in [0.05, 0.1) is 0 Å². The standard InChI is InChI=1S/C12H20N3O2/c1-11(2)12(3,4)15(17)10(14(11)16)9-7-5-6-8-13-9/h5-7,13,16-17H,8H2,1-4H3/q+1. The van der Waals surface area contributed by atoms with Crippen molar-refractivity contribution in [2.45, 2.75) is 38.8 Å². The highest BCUT2D eigenvalue weighted by molar-refractivity contribution is 5.95. The van der Waals surface area contributed by atoms with Crippen molar-refractivity contribution in [1.82, 2.24) is 10.4 Å². The predicted octanol–water partition coefficient (Wildman–Crippen LogP) is 1.09. The first kappa shape index (κ1) is 12.0. The first-order valence-corrected chi connectivity index (χ1v) is 5.76. The van der Waals surface area contributed by atoms with Crippen LogP contribution in [0.3, 0.4) is 0 Å². The summed E-state index contributed by atoms with van der Waals surface area (Å²) < 4.78 is 1.13. The highest BCUT2D eigenvalue weighted by Crippen LogP contribution is 2.36. The summed E-state index contributed by atoms with van der Waals surface area (Å²) in [6.07, 6.45) is 5.71. The molecule has 5 heteroatoms. The minimum Gasteiger partial charge on any atom is -0.375 e. The van der Waals surface area contributed by atoms with Crippen LogP contribution in [-0.2, 0) is 0 Å². The lowest BCUT2D eigenvalue weighted by molar-refractivity contribution is -0.820. The van der Waals surface area contributed by atoms with Gasteiger partial charge in [0.25, 0.3) is 0 Å². The zero-order valence-corrected chi connectivity index (χ0v) is 10.7. The molecular formula is C12H20N3O2+. The zero-order valence-electron chi connectivity index (χ0n) is 10.7. The van der Waals surface area contributed by atoms with Crippen LogP contribution in [0.2, 0.25) is 0 Å². The number of dihydropyridines is 1. The maximum atomic E-state index is 10.3. The molecule has 2 aliphatic rings. The maximum Gasteiger partial charge on any atom is 0.365 e. The van der Waals surface area contributed by atoms with Crippen LogP contribution in [0.15, 0.2) is 23.9 Å². The fourth-order valence-corrected chi connectivity index (χ4v) is 1.98. The maximum absolute atomic E-state index is 10.3. The second-order valence-electron chi connectivity index (χ2n) is 5.45. The molecule has 2 heterocycles. The van der Waals surface area contributed by atoms with E-state index in [1.807, 2.05) is 45.9 Å². The van der Waals surface area contributed by atoms with E-state index < -0.39 is 11.1 Å². The van der Waals surface area contributed by atoms with Gasteiger partial charge < -0.3 is 10.5 Å². The Kier molecular flexibility index (Phi) is 2.47. The van der Waals surface area contributed by atoms with Crippen LogP contribution in [0.5, 0.6) is 0 Å². The van der Waals surface area contributed by atoms with Crippen molar-refractivity contribution in [2.75, 3.05) is 6.54 Å². The Morgan fingerprint density at radius 3 is 2.41 bits per heavy atom. The third-order valence-electron chi connectivity index (χ3n) is 4.01. The van der Waals surface area contributed by atoms with Crippen LogP contribution in [0.1, 0.15) is 27.7 Å². The lowest BCUT2D eigenvalue weighted by Crippen LogP contribution is -2.54. The first-order valence-electron chi connectivity index (χ1n) is 5.76. The first-order chi connectivity index (χ1) is 7.80. The third-order valence-corrected chi connectivity index (χ3v) is 4.01. The lowest BCUT2D eigenvalue weighted by atomic mass is 9.84. The van der Waals surface area contributed by atoms with Gasteiger partial charge in [-0.3, -0.25) is 0 Å². The van der Waals surface area contributed by atoms with E-state index in [0.29, 0.717) is 12.4 Å². The molecule has 0 radical (unpaired) electrons. The number of nitrogens with zero attached hydrogens (tertiary/aromatic N) is 2. The van der Waals surface area contributed by atoms with Gasteiger partial charge in [-0.15, -0.1) is 5.06 Å². The average molecular weight is 238 g/mol. The molecule has 0 saturated carbocycles. The van der Waals surface area contributed by atoms with Crippen molar-refractivity contribution < 1.29 is 15.2 Å². The van der Waals surface area contributed by atoms with Crippen LogP contribution in [0.4, 0.5) is 0 Å². The molecule has 0 bridgehead atoms. The van der Waals surface area contributed by atoms with E-state index in [2.05, 4.69) is 5.32 Å². The number of nitrogens with one attached hydrogen (secondary N) is 1. The quantitative estimate of drug-likeness (QED) is 0.473. The molecule has 0 aliphatic carbocycles. The Balaban J connectivity index is 2.50. The molecule has 0 aromatic heterocycles. The summed E-state index contributed by atoms with van der Waals surface area (Å²) in [6.45, 7) is 8.26. The van der Waals surface area contributed by atoms with Crippen LogP contribution in [0.25, 0.3) is 0 Å². The molecule has 0 atom stereocenters. The van der Waals surface area contributed by atoms with Gasteiger partial charge in [-0.05, 0) is 33.8 Å². The van der Waals surface area contributed by atoms with Gasteiger partial charge in [-0.25, -0.2) is 5.21 Å². The van der Waals surface area contributed by atoms with Crippen LogP contribution in [-0.4, -0.2) is 43.7 Å². The number of rotatable bonds is 1. The highest BCUT2D eigenvalue weighted by Gasteiger charge is 2.62. The molecule has 0 aromatic carbocycles. The molecule has 3 N–H and O–H groups in total. The molecule has 0 amide bonds. The summed E-state index contributed by atoms with van der Waals surface area (Å²) in [6, 6.07) is 0. The van der Waals surface area contributed by atoms with E-state index in [0.717, 1.165) is 15.5 Å². The van der Waals surface area contributed by atoms with Crippen molar-refractivity contribution in [3.8, 4) is 0 Å². The van der Waals surface area contributed by atoms with Gasteiger partial charge in [0, 0.05) is 6.54 Å². The van der Waals surface area contributed by atoms with Crippen LogP contribution < -0.4 is 5.32 Å². The monoisotopic (exact) mass is 238 g/mol. The predicted molar refractivity (Wildman–Crippen MR) is 64.1 cm³/mol. The number of hydrogen-bond donors (Lipinski definition) is 3. The molecule has 0 unspecified atom stereocenters. The second kappa shape index (κ2) is 3.50. The Morgan fingerprint density at radius 1 is 1.35 bits per heavy atom. The van der Waals surface area contributed by atoms with E-state index >= 15 is 0 Å². The van der Waals surface area contributed by atoms with Gasteiger partial charge >= 0.3 is 5.84 Å². The fraction of sp³-hybridized carbons (Fsp3) is 0.583. The minimum absolute atomic E-state index is 0.393. The molecule has 0 saturated heterocycles. The highest BCUT2D eigenvalue weighted by atomic mass is 16.5. The van der Waals surface area contributed by atoms with Crippen LogP contribution in [0, 0.1) is 0 Å². The van der Waals surface area contributed by atoms with E-state index in [1.165, 1.54) is 0 Å². The van der Waals surface area contributed by atoms with Crippen molar-refractivity contribution in [1.29, 1.82) is 0 Å². The van der Waals surface area contributed by atoms with Gasteiger partial charge in [0.15, 0.2) is 11.1 Å². The SMILES string of the molecule is CC1(C)N(O)C(C2=CC=CCN2)=[N+](O)C1(C)C. The van der Waals surface area contributed by atoms with E-state index in [4.69, 9.17) is 0 Å². The summed E-state index contributed by atoms with van der Waals surface area (Å²) in [4.78, 5) is 0. The molecular weight excluding hydrogens is 218 g/mol. The fourth-order valence-electron chi connectivity index (χ4n) is 1.98. The van der Waals surface area contributed by atoms with Crippen LogP contribution >= 0.6 is 0 Å².